The Labute approximate surface area is 151 Å². The molecule has 0 aromatic carbocycles. The van der Waals surface area contributed by atoms with Gasteiger partial charge in [0.2, 0.25) is 0 Å². The Morgan fingerprint density at radius 2 is 2.35 bits per heavy atom. The predicted octanol–water partition coefficient (Wildman–Crippen LogP) is 0.926. The zero-order valence-electron chi connectivity index (χ0n) is 14.6. The second-order valence-electron chi connectivity index (χ2n) is 5.49. The zero-order valence-corrected chi connectivity index (χ0v) is 15.6. The van der Waals surface area contributed by atoms with E-state index in [9.17, 15) is 9.59 Å². The van der Waals surface area contributed by atoms with Crippen LogP contribution in [0.1, 0.15) is 25.1 Å². The molecule has 1 saturated heterocycles. The minimum Gasteiger partial charge on any atom is -0.483 e. The second-order valence-corrected chi connectivity index (χ2v) is 6.30. The van der Waals surface area contributed by atoms with Gasteiger partial charge in [0.15, 0.2) is 14.8 Å². The van der Waals surface area contributed by atoms with Crippen molar-refractivity contribution in [3.05, 3.63) is 44.4 Å². The minimum absolute atomic E-state index is 0.112. The standard InChI is InChI=1S/C16H21N2O7P/c1-4-11(5-6-19)23-9-13-12(25-26-22-3)7-14(24-13)18-8-10(2)15(20)17-16(18)21/h4,8,12-14,19,26H,7,9H2,1-3H3,(H,17,20,21)/t12-,13?,14?/m1/s1. The normalized spacial score (nSPS) is 23.2. The van der Waals surface area contributed by atoms with Crippen molar-refractivity contribution in [2.75, 3.05) is 13.7 Å². The molecule has 1 aromatic heterocycles. The van der Waals surface area contributed by atoms with Gasteiger partial charge in [-0.3, -0.25) is 14.3 Å². The minimum atomic E-state index is -0.615. The highest BCUT2D eigenvalue weighted by Crippen LogP contribution is 2.34. The molecule has 4 atom stereocenters. The second kappa shape index (κ2) is 9.55. The van der Waals surface area contributed by atoms with Crippen LogP contribution in [0.5, 0.6) is 0 Å². The van der Waals surface area contributed by atoms with Crippen molar-refractivity contribution in [1.82, 2.24) is 9.55 Å². The molecule has 1 aliphatic rings. The van der Waals surface area contributed by atoms with Crippen LogP contribution in [0.2, 0.25) is 0 Å². The number of aromatic nitrogens is 2. The van der Waals surface area contributed by atoms with Gasteiger partial charge in [0, 0.05) is 31.2 Å². The molecule has 0 spiro atoms. The van der Waals surface area contributed by atoms with Crippen LogP contribution in [0, 0.1) is 19.0 Å². The first-order valence-electron chi connectivity index (χ1n) is 7.85. The summed E-state index contributed by atoms with van der Waals surface area (Å²) in [5.41, 5.74) is -0.586. The molecule has 10 heteroatoms. The summed E-state index contributed by atoms with van der Waals surface area (Å²) in [6.45, 7) is 3.44. The summed E-state index contributed by atoms with van der Waals surface area (Å²) in [6.07, 6.45) is 3.75. The van der Waals surface area contributed by atoms with Crippen LogP contribution >= 0.6 is 9.03 Å². The molecule has 0 saturated carbocycles. The smallest absolute Gasteiger partial charge is 0.330 e. The molecule has 1 aliphatic heterocycles. The molecule has 1 aromatic rings. The molecule has 142 valence electrons. The summed E-state index contributed by atoms with van der Waals surface area (Å²) in [7, 11) is 1.33. The van der Waals surface area contributed by atoms with E-state index in [1.54, 1.807) is 26.0 Å². The molecule has 2 N–H and O–H groups in total. The van der Waals surface area contributed by atoms with Crippen molar-refractivity contribution in [3.8, 4) is 12.0 Å². The molecule has 26 heavy (non-hydrogen) atoms. The number of nitrogens with zero attached hydrogens (tertiary/aromatic N) is 1. The summed E-state index contributed by atoms with van der Waals surface area (Å²) in [4.78, 5) is 25.9. The van der Waals surface area contributed by atoms with E-state index in [-0.39, 0.29) is 21.7 Å². The quantitative estimate of drug-likeness (QED) is 0.409. The monoisotopic (exact) mass is 384 g/mol. The van der Waals surface area contributed by atoms with Crippen molar-refractivity contribution in [2.24, 2.45) is 0 Å². The SMILES string of the molecule is CC=C(C#CO)OCC1OC(n2cc(C)c(=O)[nH]c2=O)C[C@H]1OPOC. The topological polar surface area (TPSA) is 112 Å². The van der Waals surface area contributed by atoms with Gasteiger partial charge >= 0.3 is 5.69 Å². The summed E-state index contributed by atoms with van der Waals surface area (Å²) >= 11 is 0. The fraction of sp³-hybridized carbons (Fsp3) is 0.500. The maximum Gasteiger partial charge on any atom is 0.330 e. The Balaban J connectivity index is 2.17. The molecule has 2 heterocycles. The molecule has 0 aliphatic carbocycles. The summed E-state index contributed by atoms with van der Waals surface area (Å²) in [6, 6.07) is 0. The van der Waals surface area contributed by atoms with Gasteiger partial charge in [-0.2, -0.15) is 0 Å². The fourth-order valence-corrected chi connectivity index (χ4v) is 2.94. The van der Waals surface area contributed by atoms with Crippen LogP contribution in [-0.2, 0) is 18.5 Å². The Morgan fingerprint density at radius 3 is 3.00 bits per heavy atom. The third kappa shape index (κ3) is 4.96. The molecule has 0 bridgehead atoms. The summed E-state index contributed by atoms with van der Waals surface area (Å²) < 4.78 is 23.4. The Bertz CT molecular complexity index is 820. The van der Waals surface area contributed by atoms with Gasteiger partial charge in [-0.1, -0.05) is 0 Å². The number of aliphatic hydroxyl groups is 1. The maximum absolute atomic E-state index is 12.1. The van der Waals surface area contributed by atoms with E-state index in [4.69, 9.17) is 23.6 Å². The number of aliphatic hydroxyl groups excluding tert-OH is 1. The van der Waals surface area contributed by atoms with E-state index in [2.05, 4.69) is 10.9 Å². The number of rotatable bonds is 7. The number of allylic oxidation sites excluding steroid dienone is 2. The van der Waals surface area contributed by atoms with Crippen molar-refractivity contribution in [2.45, 2.75) is 38.7 Å². The number of nitrogens with one attached hydrogen (secondary N) is 1. The molecule has 9 nitrogen and oxygen atoms in total. The van der Waals surface area contributed by atoms with E-state index in [0.29, 0.717) is 17.7 Å². The van der Waals surface area contributed by atoms with Crippen molar-refractivity contribution in [3.63, 3.8) is 0 Å². The Hall–Kier alpha value is -2.11. The lowest BCUT2D eigenvalue weighted by molar-refractivity contribution is -0.0465. The molecular formula is C16H21N2O7P. The van der Waals surface area contributed by atoms with E-state index in [1.807, 2.05) is 0 Å². The van der Waals surface area contributed by atoms with Crippen LogP contribution in [0.3, 0.4) is 0 Å². The number of ether oxygens (including phenoxy) is 2. The summed E-state index contributed by atoms with van der Waals surface area (Å²) in [5, 5.41) is 8.68. The lowest BCUT2D eigenvalue weighted by atomic mass is 10.2. The molecule has 2 rings (SSSR count). The zero-order chi connectivity index (χ0) is 19.1. The third-order valence-corrected chi connectivity index (χ3v) is 4.33. The van der Waals surface area contributed by atoms with Crippen molar-refractivity contribution < 1.29 is 23.6 Å². The molecule has 1 fully saturated rings. The first kappa shape index (κ1) is 20.2. The van der Waals surface area contributed by atoms with Gasteiger partial charge in [0.25, 0.3) is 5.56 Å². The highest BCUT2D eigenvalue weighted by Gasteiger charge is 2.38. The molecule has 0 radical (unpaired) electrons. The van der Waals surface area contributed by atoms with Gasteiger partial charge in [-0.05, 0) is 19.9 Å². The van der Waals surface area contributed by atoms with E-state index in [0.717, 1.165) is 0 Å². The Kier molecular flexibility index (Phi) is 7.42. The first-order valence-corrected chi connectivity index (χ1v) is 8.67. The van der Waals surface area contributed by atoms with Gasteiger partial charge < -0.3 is 23.6 Å². The van der Waals surface area contributed by atoms with Crippen LogP contribution in [-0.4, -0.2) is 40.6 Å². The van der Waals surface area contributed by atoms with E-state index >= 15 is 0 Å². The molecule has 3 unspecified atom stereocenters. The molecule has 0 amide bonds. The van der Waals surface area contributed by atoms with Crippen molar-refractivity contribution >= 4 is 9.03 Å². The van der Waals surface area contributed by atoms with Crippen LogP contribution in [0.4, 0.5) is 0 Å². The van der Waals surface area contributed by atoms with Gasteiger partial charge in [0.05, 0.1) is 6.10 Å². The lowest BCUT2D eigenvalue weighted by Crippen LogP contribution is -2.33. The van der Waals surface area contributed by atoms with Crippen molar-refractivity contribution in [1.29, 1.82) is 0 Å². The first-order chi connectivity index (χ1) is 12.5. The van der Waals surface area contributed by atoms with Crippen LogP contribution < -0.4 is 11.2 Å². The summed E-state index contributed by atoms with van der Waals surface area (Å²) in [5.74, 6) is 2.71. The van der Waals surface area contributed by atoms with Gasteiger partial charge in [-0.25, -0.2) is 4.79 Å². The lowest BCUT2D eigenvalue weighted by Gasteiger charge is -2.18. The third-order valence-electron chi connectivity index (χ3n) is 3.76. The number of hydrogen-bond acceptors (Lipinski definition) is 7. The number of H-pyrrole nitrogens is 1. The highest BCUT2D eigenvalue weighted by atomic mass is 31.1. The highest BCUT2D eigenvalue weighted by molar-refractivity contribution is 7.26. The largest absolute Gasteiger partial charge is 0.483 e. The van der Waals surface area contributed by atoms with Crippen LogP contribution in [0.25, 0.3) is 0 Å². The van der Waals surface area contributed by atoms with E-state index < -0.39 is 23.6 Å². The maximum atomic E-state index is 12.1. The predicted molar refractivity (Wildman–Crippen MR) is 94.2 cm³/mol. The number of aryl methyl sites for hydroxylation is 1. The van der Waals surface area contributed by atoms with Gasteiger partial charge in [0.1, 0.15) is 25.0 Å². The average Bonchev–Trinajstić information content (AvgIpc) is 3.02. The van der Waals surface area contributed by atoms with Gasteiger partial charge in [-0.15, -0.1) is 0 Å². The van der Waals surface area contributed by atoms with Crippen LogP contribution in [0.15, 0.2) is 27.6 Å². The molecular weight excluding hydrogens is 363 g/mol. The number of aromatic amines is 1. The number of hydrogen-bond donors (Lipinski definition) is 2. The van der Waals surface area contributed by atoms with E-state index in [1.165, 1.54) is 17.9 Å². The fourth-order valence-electron chi connectivity index (χ4n) is 2.47. The average molecular weight is 384 g/mol. The Morgan fingerprint density at radius 1 is 1.58 bits per heavy atom.